The topological polar surface area (TPSA) is 96.0 Å². The number of hydrogen-bond acceptors (Lipinski definition) is 5. The normalized spacial score (nSPS) is 14.9. The van der Waals surface area contributed by atoms with E-state index < -0.39 is 28.5 Å². The van der Waals surface area contributed by atoms with Gasteiger partial charge >= 0.3 is 0 Å². The van der Waals surface area contributed by atoms with Crippen LogP contribution in [0.2, 0.25) is 5.02 Å². The number of halogens is 1. The lowest BCUT2D eigenvalue weighted by atomic mass is 10.1. The number of sulfonamides is 1. The summed E-state index contributed by atoms with van der Waals surface area (Å²) >= 11 is 6.13. The predicted molar refractivity (Wildman–Crippen MR) is 137 cm³/mol. The van der Waals surface area contributed by atoms with Crippen molar-refractivity contribution in [2.45, 2.75) is 51.2 Å². The van der Waals surface area contributed by atoms with Gasteiger partial charge in [-0.3, -0.25) is 13.9 Å². The smallest absolute Gasteiger partial charge is 0.244 e. The summed E-state index contributed by atoms with van der Waals surface area (Å²) in [6, 6.07) is 12.8. The molecular formula is C25H32ClN3O5S. The summed E-state index contributed by atoms with van der Waals surface area (Å²) in [5.41, 5.74) is 1.03. The van der Waals surface area contributed by atoms with Gasteiger partial charge in [-0.2, -0.15) is 0 Å². The summed E-state index contributed by atoms with van der Waals surface area (Å²) in [5.74, 6) is -0.310. The van der Waals surface area contributed by atoms with Crippen molar-refractivity contribution >= 4 is 39.1 Å². The highest BCUT2D eigenvalue weighted by molar-refractivity contribution is 7.92. The molecule has 1 aliphatic rings. The average Bonchev–Trinajstić information content (AvgIpc) is 3.32. The Bertz CT molecular complexity index is 1150. The second-order valence-electron chi connectivity index (χ2n) is 8.79. The number of hydrogen-bond donors (Lipinski definition) is 1. The summed E-state index contributed by atoms with van der Waals surface area (Å²) in [4.78, 5) is 28.0. The van der Waals surface area contributed by atoms with Crippen LogP contribution in [0.15, 0.2) is 48.5 Å². The number of carbonyl (C=O) groups is 2. The molecule has 1 N–H and O–H groups in total. The van der Waals surface area contributed by atoms with E-state index in [0.29, 0.717) is 16.5 Å². The fourth-order valence-electron chi connectivity index (χ4n) is 4.19. The summed E-state index contributed by atoms with van der Waals surface area (Å²) in [6.45, 7) is 1.30. The van der Waals surface area contributed by atoms with Crippen LogP contribution < -0.4 is 14.4 Å². The van der Waals surface area contributed by atoms with Crippen LogP contribution >= 0.6 is 11.6 Å². The van der Waals surface area contributed by atoms with Gasteiger partial charge in [-0.1, -0.05) is 42.6 Å². The van der Waals surface area contributed by atoms with E-state index in [1.807, 2.05) is 6.07 Å². The minimum atomic E-state index is -3.81. The van der Waals surface area contributed by atoms with Crippen molar-refractivity contribution in [2.75, 3.05) is 24.2 Å². The molecule has 35 heavy (non-hydrogen) atoms. The molecule has 3 rings (SSSR count). The fourth-order valence-corrected chi connectivity index (χ4v) is 5.24. The number of nitrogens with zero attached hydrogens (tertiary/aromatic N) is 2. The number of ether oxygens (including phenoxy) is 1. The van der Waals surface area contributed by atoms with Gasteiger partial charge in [-0.15, -0.1) is 0 Å². The molecule has 2 amide bonds. The van der Waals surface area contributed by atoms with Crippen LogP contribution in [0, 0.1) is 0 Å². The molecule has 10 heteroatoms. The molecule has 0 spiro atoms. The standard InChI is InChI=1S/C25H32ClN3O5S/c1-18(25(31)27-21-10-4-5-11-21)28(16-19-8-6-9-20(26)14-19)24(30)17-29(35(3,32)33)22-12-7-13-23(15-22)34-2/h6-9,12-15,18,21H,4-5,10-11,16-17H2,1-3H3,(H,27,31)/t18-/m1/s1. The highest BCUT2D eigenvalue weighted by Gasteiger charge is 2.31. The highest BCUT2D eigenvalue weighted by Crippen LogP contribution is 2.24. The molecule has 2 aromatic carbocycles. The van der Waals surface area contributed by atoms with E-state index in [1.54, 1.807) is 49.4 Å². The summed E-state index contributed by atoms with van der Waals surface area (Å²) in [6.07, 6.45) is 5.00. The maximum absolute atomic E-state index is 13.6. The minimum Gasteiger partial charge on any atom is -0.497 e. The van der Waals surface area contributed by atoms with Gasteiger partial charge in [0.2, 0.25) is 21.8 Å². The third-order valence-electron chi connectivity index (χ3n) is 6.13. The Morgan fingerprint density at radius 3 is 2.46 bits per heavy atom. The first-order valence-electron chi connectivity index (χ1n) is 11.5. The zero-order chi connectivity index (χ0) is 25.6. The maximum Gasteiger partial charge on any atom is 0.244 e. The lowest BCUT2D eigenvalue weighted by Crippen LogP contribution is -2.52. The third-order valence-corrected chi connectivity index (χ3v) is 7.51. The van der Waals surface area contributed by atoms with Gasteiger partial charge < -0.3 is 15.0 Å². The van der Waals surface area contributed by atoms with E-state index in [9.17, 15) is 18.0 Å². The van der Waals surface area contributed by atoms with Gasteiger partial charge in [0.25, 0.3) is 0 Å². The van der Waals surface area contributed by atoms with Crippen LogP contribution in [-0.4, -0.2) is 57.1 Å². The molecular weight excluding hydrogens is 490 g/mol. The van der Waals surface area contributed by atoms with Gasteiger partial charge in [0.05, 0.1) is 19.1 Å². The van der Waals surface area contributed by atoms with Crippen LogP contribution in [0.3, 0.4) is 0 Å². The monoisotopic (exact) mass is 521 g/mol. The first kappa shape index (κ1) is 26.8. The second-order valence-corrected chi connectivity index (χ2v) is 11.1. The molecule has 1 fully saturated rings. The van der Waals surface area contributed by atoms with Crippen molar-refractivity contribution in [1.29, 1.82) is 0 Å². The zero-order valence-electron chi connectivity index (χ0n) is 20.2. The lowest BCUT2D eigenvalue weighted by Gasteiger charge is -2.32. The average molecular weight is 522 g/mol. The number of nitrogens with one attached hydrogen (secondary N) is 1. The quantitative estimate of drug-likeness (QED) is 0.515. The second kappa shape index (κ2) is 11.8. The molecule has 1 atom stereocenters. The first-order chi connectivity index (χ1) is 16.6. The highest BCUT2D eigenvalue weighted by atomic mass is 35.5. The molecule has 0 bridgehead atoms. The molecule has 1 aliphatic carbocycles. The van der Waals surface area contributed by atoms with Gasteiger partial charge in [-0.25, -0.2) is 8.42 Å². The Hall–Kier alpha value is -2.78. The minimum absolute atomic E-state index is 0.0948. The SMILES string of the molecule is COc1cccc(N(CC(=O)N(Cc2cccc(Cl)c2)[C@H](C)C(=O)NC2CCCC2)S(C)(=O)=O)c1. The number of amides is 2. The predicted octanol–water partition coefficient (Wildman–Crippen LogP) is 3.59. The number of carbonyl (C=O) groups excluding carboxylic acids is 2. The van der Waals surface area contributed by atoms with Gasteiger partial charge in [0, 0.05) is 23.7 Å². The van der Waals surface area contributed by atoms with E-state index in [-0.39, 0.29) is 18.5 Å². The van der Waals surface area contributed by atoms with Crippen LogP contribution in [0.1, 0.15) is 38.2 Å². The number of anilines is 1. The molecule has 0 radical (unpaired) electrons. The van der Waals surface area contributed by atoms with Crippen LogP contribution in [-0.2, 0) is 26.2 Å². The third kappa shape index (κ3) is 7.35. The molecule has 0 aromatic heterocycles. The molecule has 0 heterocycles. The van der Waals surface area contributed by atoms with E-state index in [2.05, 4.69) is 5.32 Å². The van der Waals surface area contributed by atoms with Crippen LogP contribution in [0.5, 0.6) is 5.75 Å². The van der Waals surface area contributed by atoms with E-state index in [4.69, 9.17) is 16.3 Å². The Morgan fingerprint density at radius 2 is 1.83 bits per heavy atom. The lowest BCUT2D eigenvalue weighted by molar-refractivity contribution is -0.139. The van der Waals surface area contributed by atoms with Crippen molar-refractivity contribution in [1.82, 2.24) is 10.2 Å². The molecule has 0 saturated heterocycles. The molecule has 0 aliphatic heterocycles. The van der Waals surface area contributed by atoms with Gasteiger partial charge in [-0.05, 0) is 49.6 Å². The largest absolute Gasteiger partial charge is 0.497 e. The molecule has 8 nitrogen and oxygen atoms in total. The Kier molecular flexibility index (Phi) is 9.02. The van der Waals surface area contributed by atoms with E-state index in [0.717, 1.165) is 41.8 Å². The number of methoxy groups -OCH3 is 1. The Morgan fingerprint density at radius 1 is 1.14 bits per heavy atom. The van der Waals surface area contributed by atoms with Gasteiger partial charge in [0.1, 0.15) is 18.3 Å². The summed E-state index contributed by atoms with van der Waals surface area (Å²) in [7, 11) is -2.33. The van der Waals surface area contributed by atoms with E-state index in [1.165, 1.54) is 12.0 Å². The molecule has 190 valence electrons. The van der Waals surface area contributed by atoms with Crippen molar-refractivity contribution in [2.24, 2.45) is 0 Å². The zero-order valence-corrected chi connectivity index (χ0v) is 21.8. The molecule has 1 saturated carbocycles. The van der Waals surface area contributed by atoms with Crippen LogP contribution in [0.4, 0.5) is 5.69 Å². The summed E-state index contributed by atoms with van der Waals surface area (Å²) in [5, 5.41) is 3.54. The summed E-state index contributed by atoms with van der Waals surface area (Å²) < 4.78 is 31.5. The van der Waals surface area contributed by atoms with Crippen molar-refractivity contribution in [3.8, 4) is 5.75 Å². The Labute approximate surface area is 212 Å². The maximum atomic E-state index is 13.6. The fraction of sp³-hybridized carbons (Fsp3) is 0.440. The first-order valence-corrected chi connectivity index (χ1v) is 13.8. The van der Waals surface area contributed by atoms with Crippen molar-refractivity contribution in [3.05, 3.63) is 59.1 Å². The number of rotatable bonds is 10. The van der Waals surface area contributed by atoms with Crippen molar-refractivity contribution < 1.29 is 22.7 Å². The number of benzene rings is 2. The van der Waals surface area contributed by atoms with Crippen molar-refractivity contribution in [3.63, 3.8) is 0 Å². The molecule has 2 aromatic rings. The van der Waals surface area contributed by atoms with Crippen LogP contribution in [0.25, 0.3) is 0 Å². The Balaban J connectivity index is 1.89. The van der Waals surface area contributed by atoms with E-state index >= 15 is 0 Å². The molecule has 0 unspecified atom stereocenters. The van der Waals surface area contributed by atoms with Gasteiger partial charge in [0.15, 0.2) is 0 Å².